The van der Waals surface area contributed by atoms with Crippen LogP contribution in [-0.4, -0.2) is 14.8 Å². The zero-order chi connectivity index (χ0) is 14.7. The Labute approximate surface area is 128 Å². The molecule has 1 aromatic carbocycles. The van der Waals surface area contributed by atoms with Gasteiger partial charge in [-0.25, -0.2) is 0 Å². The summed E-state index contributed by atoms with van der Waals surface area (Å²) in [7, 11) is 0. The second-order valence-electron chi connectivity index (χ2n) is 4.48. The summed E-state index contributed by atoms with van der Waals surface area (Å²) >= 11 is 11.3. The van der Waals surface area contributed by atoms with Gasteiger partial charge in [-0.1, -0.05) is 23.7 Å². The number of H-pyrrole nitrogens is 1. The first-order valence-corrected chi connectivity index (χ1v) is 7.00. The Kier molecular flexibility index (Phi) is 4.62. The van der Waals surface area contributed by atoms with Crippen molar-refractivity contribution in [1.82, 2.24) is 14.8 Å². The summed E-state index contributed by atoms with van der Waals surface area (Å²) in [4.78, 5) is 0. The normalized spacial score (nSPS) is 12.2. The van der Waals surface area contributed by atoms with Crippen molar-refractivity contribution in [2.24, 2.45) is 0 Å². The minimum absolute atomic E-state index is 0.276. The van der Waals surface area contributed by atoms with Gasteiger partial charge in [0.15, 0.2) is 16.7 Å². The minimum Gasteiger partial charge on any atom is -0.481 e. The van der Waals surface area contributed by atoms with Gasteiger partial charge in [0.2, 0.25) is 0 Å². The highest BCUT2D eigenvalue weighted by atomic mass is 35.5. The number of hydrogen-bond acceptors (Lipinski definition) is 3. The van der Waals surface area contributed by atoms with E-state index >= 15 is 0 Å². The topological polar surface area (TPSA) is 42.8 Å². The number of rotatable bonds is 5. The van der Waals surface area contributed by atoms with Crippen LogP contribution >= 0.6 is 23.8 Å². The predicted octanol–water partition coefficient (Wildman–Crippen LogP) is 4.23. The van der Waals surface area contributed by atoms with E-state index in [0.717, 1.165) is 5.56 Å². The van der Waals surface area contributed by atoms with Gasteiger partial charge in [0, 0.05) is 6.54 Å². The maximum atomic E-state index is 6.14. The molecule has 0 bridgehead atoms. The van der Waals surface area contributed by atoms with Crippen LogP contribution in [0.1, 0.15) is 24.4 Å². The van der Waals surface area contributed by atoms with Gasteiger partial charge < -0.3 is 4.74 Å². The van der Waals surface area contributed by atoms with Gasteiger partial charge in [0.05, 0.1) is 5.02 Å². The number of halogens is 1. The van der Waals surface area contributed by atoms with E-state index in [2.05, 4.69) is 16.8 Å². The fourth-order valence-corrected chi connectivity index (χ4v) is 2.27. The molecule has 4 nitrogen and oxygen atoms in total. The standard InChI is InChI=1S/C14H16ClN3OS/c1-4-7-18-13(16-17-14(18)20)10(3)19-12-8-9(2)5-6-11(12)15/h4-6,8,10H,1,7H2,2-3H3,(H,17,20)/t10-/m0/s1. The van der Waals surface area contributed by atoms with Crippen LogP contribution in [-0.2, 0) is 6.54 Å². The average molecular weight is 310 g/mol. The van der Waals surface area contributed by atoms with Crippen LogP contribution in [0.5, 0.6) is 5.75 Å². The second-order valence-corrected chi connectivity index (χ2v) is 5.27. The molecule has 0 unspecified atom stereocenters. The lowest BCUT2D eigenvalue weighted by Crippen LogP contribution is -2.12. The third kappa shape index (κ3) is 3.11. The van der Waals surface area contributed by atoms with Gasteiger partial charge >= 0.3 is 0 Å². The molecule has 0 radical (unpaired) electrons. The second kappa shape index (κ2) is 6.24. The lowest BCUT2D eigenvalue weighted by Gasteiger charge is -2.16. The molecule has 6 heteroatoms. The molecule has 1 heterocycles. The smallest absolute Gasteiger partial charge is 0.195 e. The number of aromatic nitrogens is 3. The van der Waals surface area contributed by atoms with E-state index in [1.807, 2.05) is 36.6 Å². The number of allylic oxidation sites excluding steroid dienone is 1. The van der Waals surface area contributed by atoms with Crippen LogP contribution < -0.4 is 4.74 Å². The van der Waals surface area contributed by atoms with E-state index in [-0.39, 0.29) is 6.10 Å². The summed E-state index contributed by atoms with van der Waals surface area (Å²) in [5.41, 5.74) is 1.08. The van der Waals surface area contributed by atoms with Gasteiger partial charge in [-0.3, -0.25) is 9.67 Å². The third-order valence-corrected chi connectivity index (χ3v) is 3.48. The van der Waals surface area contributed by atoms with E-state index in [1.165, 1.54) is 0 Å². The summed E-state index contributed by atoms with van der Waals surface area (Å²) in [6, 6.07) is 5.66. The van der Waals surface area contributed by atoms with Gasteiger partial charge in [-0.2, -0.15) is 5.10 Å². The van der Waals surface area contributed by atoms with E-state index in [9.17, 15) is 0 Å². The van der Waals surface area contributed by atoms with Gasteiger partial charge in [0.1, 0.15) is 5.75 Å². The fourth-order valence-electron chi connectivity index (χ4n) is 1.89. The third-order valence-electron chi connectivity index (χ3n) is 2.85. The first-order chi connectivity index (χ1) is 9.52. The molecule has 0 aliphatic heterocycles. The monoisotopic (exact) mass is 309 g/mol. The molecular formula is C14H16ClN3OS. The Hall–Kier alpha value is -1.59. The fraction of sp³-hybridized carbons (Fsp3) is 0.286. The van der Waals surface area contributed by atoms with Gasteiger partial charge in [-0.15, -0.1) is 6.58 Å². The lowest BCUT2D eigenvalue weighted by atomic mass is 10.2. The van der Waals surface area contributed by atoms with E-state index in [0.29, 0.717) is 27.9 Å². The maximum absolute atomic E-state index is 6.14. The zero-order valence-corrected chi connectivity index (χ0v) is 13.0. The molecule has 1 atom stereocenters. The Morgan fingerprint density at radius 1 is 1.60 bits per heavy atom. The van der Waals surface area contributed by atoms with Crippen LogP contribution in [0.3, 0.4) is 0 Å². The number of nitrogens with zero attached hydrogens (tertiary/aromatic N) is 2. The molecule has 106 valence electrons. The molecule has 2 rings (SSSR count). The quantitative estimate of drug-likeness (QED) is 0.664. The molecular weight excluding hydrogens is 294 g/mol. The van der Waals surface area contributed by atoms with Crippen molar-refractivity contribution in [3.63, 3.8) is 0 Å². The molecule has 0 amide bonds. The SMILES string of the molecule is C=CCn1c([C@H](C)Oc2cc(C)ccc2Cl)n[nH]c1=S. The predicted molar refractivity (Wildman–Crippen MR) is 82.8 cm³/mol. The molecule has 0 saturated carbocycles. The largest absolute Gasteiger partial charge is 0.481 e. The van der Waals surface area contributed by atoms with Crippen molar-refractivity contribution in [3.8, 4) is 5.75 Å². The Morgan fingerprint density at radius 2 is 2.35 bits per heavy atom. The molecule has 0 aliphatic carbocycles. The minimum atomic E-state index is -0.276. The molecule has 0 spiro atoms. The number of ether oxygens (including phenoxy) is 1. The van der Waals surface area contributed by atoms with Crippen molar-refractivity contribution in [3.05, 3.63) is 52.0 Å². The Morgan fingerprint density at radius 3 is 3.05 bits per heavy atom. The highest BCUT2D eigenvalue weighted by Crippen LogP contribution is 2.29. The van der Waals surface area contributed by atoms with Crippen LogP contribution in [0.25, 0.3) is 0 Å². The summed E-state index contributed by atoms with van der Waals surface area (Å²) in [6.07, 6.45) is 1.49. The molecule has 1 N–H and O–H groups in total. The van der Waals surface area contributed by atoms with Crippen molar-refractivity contribution in [2.75, 3.05) is 0 Å². The number of hydrogen-bond donors (Lipinski definition) is 1. The summed E-state index contributed by atoms with van der Waals surface area (Å²) in [5, 5.41) is 7.56. The Bertz CT molecular complexity index is 677. The van der Waals surface area contributed by atoms with E-state index in [1.54, 1.807) is 6.08 Å². The molecule has 0 aliphatic rings. The molecule has 0 saturated heterocycles. The van der Waals surface area contributed by atoms with Crippen LogP contribution in [0.15, 0.2) is 30.9 Å². The van der Waals surface area contributed by atoms with Crippen LogP contribution in [0.4, 0.5) is 0 Å². The van der Waals surface area contributed by atoms with E-state index < -0.39 is 0 Å². The molecule has 0 fully saturated rings. The lowest BCUT2D eigenvalue weighted by molar-refractivity contribution is 0.211. The Balaban J connectivity index is 2.28. The number of nitrogens with one attached hydrogen (secondary N) is 1. The van der Waals surface area contributed by atoms with Crippen molar-refractivity contribution in [2.45, 2.75) is 26.5 Å². The highest BCUT2D eigenvalue weighted by Gasteiger charge is 2.16. The van der Waals surface area contributed by atoms with Crippen LogP contribution in [0.2, 0.25) is 5.02 Å². The number of benzene rings is 1. The maximum Gasteiger partial charge on any atom is 0.195 e. The average Bonchev–Trinajstić information content (AvgIpc) is 2.76. The van der Waals surface area contributed by atoms with Gasteiger partial charge in [-0.05, 0) is 43.8 Å². The van der Waals surface area contributed by atoms with E-state index in [4.69, 9.17) is 28.6 Å². The zero-order valence-electron chi connectivity index (χ0n) is 11.4. The summed E-state index contributed by atoms with van der Waals surface area (Å²) in [6.45, 7) is 8.19. The van der Waals surface area contributed by atoms with Crippen molar-refractivity contribution in [1.29, 1.82) is 0 Å². The van der Waals surface area contributed by atoms with Crippen molar-refractivity contribution >= 4 is 23.8 Å². The number of aryl methyl sites for hydroxylation is 1. The molecule has 20 heavy (non-hydrogen) atoms. The molecule has 1 aromatic heterocycles. The molecule has 2 aromatic rings. The highest BCUT2D eigenvalue weighted by molar-refractivity contribution is 7.71. The van der Waals surface area contributed by atoms with Crippen LogP contribution in [0, 0.1) is 11.7 Å². The first kappa shape index (κ1) is 14.8. The first-order valence-electron chi connectivity index (χ1n) is 6.21. The van der Waals surface area contributed by atoms with Gasteiger partial charge in [0.25, 0.3) is 0 Å². The summed E-state index contributed by atoms with van der Waals surface area (Å²) < 4.78 is 8.29. The van der Waals surface area contributed by atoms with Crippen molar-refractivity contribution < 1.29 is 4.74 Å². The summed E-state index contributed by atoms with van der Waals surface area (Å²) in [5.74, 6) is 1.35. The number of aromatic amines is 1.